The van der Waals surface area contributed by atoms with Gasteiger partial charge in [0, 0.05) is 6.07 Å². The van der Waals surface area contributed by atoms with Crippen LogP contribution in [0.15, 0.2) is 12.1 Å². The molecule has 0 aliphatic carbocycles. The van der Waals surface area contributed by atoms with Gasteiger partial charge in [-0.1, -0.05) is 44.2 Å². The zero-order chi connectivity index (χ0) is 13.4. The van der Waals surface area contributed by atoms with Crippen molar-refractivity contribution in [2.45, 2.75) is 39.0 Å². The number of ether oxygens (including phenoxy) is 1. The smallest absolute Gasteiger partial charge is 0.331 e. The predicted octanol–water partition coefficient (Wildman–Crippen LogP) is 3.99. The van der Waals surface area contributed by atoms with Gasteiger partial charge in [-0.15, -0.1) is 0 Å². The highest BCUT2D eigenvalue weighted by Gasteiger charge is 2.16. The third kappa shape index (κ3) is 4.87. The summed E-state index contributed by atoms with van der Waals surface area (Å²) < 4.78 is 5.32. The number of halogens is 1. The van der Waals surface area contributed by atoms with E-state index in [1.807, 2.05) is 0 Å². The second-order valence-corrected chi connectivity index (χ2v) is 4.37. The van der Waals surface area contributed by atoms with Crippen LogP contribution in [-0.4, -0.2) is 16.5 Å². The Morgan fingerprint density at radius 1 is 1.33 bits per heavy atom. The van der Waals surface area contributed by atoms with Gasteiger partial charge in [-0.2, -0.15) is 4.98 Å². The highest BCUT2D eigenvalue weighted by Crippen LogP contribution is 2.26. The van der Waals surface area contributed by atoms with Crippen molar-refractivity contribution >= 4 is 17.3 Å². The second-order valence-electron chi connectivity index (χ2n) is 3.98. The van der Waals surface area contributed by atoms with E-state index in [1.165, 1.54) is 25.0 Å². The van der Waals surface area contributed by atoms with Crippen LogP contribution in [0.25, 0.3) is 0 Å². The Balaban J connectivity index is 2.45. The molecule has 1 rings (SSSR count). The number of pyridine rings is 1. The van der Waals surface area contributed by atoms with Crippen LogP contribution in [0, 0.1) is 10.1 Å². The molecule has 100 valence electrons. The summed E-state index contributed by atoms with van der Waals surface area (Å²) in [5.41, 5.74) is -0.145. The average molecular weight is 273 g/mol. The molecule has 1 heterocycles. The van der Waals surface area contributed by atoms with Crippen molar-refractivity contribution in [1.29, 1.82) is 0 Å². The molecule has 0 aliphatic heterocycles. The highest BCUT2D eigenvalue weighted by molar-refractivity contribution is 6.29. The zero-order valence-electron chi connectivity index (χ0n) is 10.4. The SMILES string of the molecule is CCCCCCCOc1nc(Cl)ccc1[N+](=O)[O-]. The van der Waals surface area contributed by atoms with Crippen molar-refractivity contribution in [3.05, 3.63) is 27.4 Å². The van der Waals surface area contributed by atoms with Gasteiger partial charge in [-0.05, 0) is 12.5 Å². The second kappa shape index (κ2) is 7.87. The van der Waals surface area contributed by atoms with Gasteiger partial charge in [0.05, 0.1) is 11.5 Å². The van der Waals surface area contributed by atoms with E-state index in [-0.39, 0.29) is 16.7 Å². The Morgan fingerprint density at radius 2 is 2.06 bits per heavy atom. The predicted molar refractivity (Wildman–Crippen MR) is 70.2 cm³/mol. The third-order valence-electron chi connectivity index (χ3n) is 2.49. The van der Waals surface area contributed by atoms with E-state index < -0.39 is 4.92 Å². The fourth-order valence-electron chi connectivity index (χ4n) is 1.53. The van der Waals surface area contributed by atoms with E-state index in [2.05, 4.69) is 11.9 Å². The molecule has 0 radical (unpaired) electrons. The molecule has 5 nitrogen and oxygen atoms in total. The Morgan fingerprint density at radius 3 is 2.72 bits per heavy atom. The van der Waals surface area contributed by atoms with Crippen LogP contribution in [-0.2, 0) is 0 Å². The molecule has 0 atom stereocenters. The molecule has 0 saturated carbocycles. The minimum Gasteiger partial charge on any atom is -0.473 e. The summed E-state index contributed by atoms with van der Waals surface area (Å²) >= 11 is 5.69. The highest BCUT2D eigenvalue weighted by atomic mass is 35.5. The number of rotatable bonds is 8. The topological polar surface area (TPSA) is 65.3 Å². The van der Waals surface area contributed by atoms with Crippen LogP contribution in [0.2, 0.25) is 5.15 Å². The molecule has 0 spiro atoms. The van der Waals surface area contributed by atoms with E-state index in [4.69, 9.17) is 16.3 Å². The summed E-state index contributed by atoms with van der Waals surface area (Å²) in [5.74, 6) is 0.00277. The Kier molecular flexibility index (Phi) is 6.43. The number of hydrogen-bond donors (Lipinski definition) is 0. The molecule has 0 N–H and O–H groups in total. The van der Waals surface area contributed by atoms with Crippen LogP contribution in [0.4, 0.5) is 5.69 Å². The van der Waals surface area contributed by atoms with E-state index >= 15 is 0 Å². The molecule has 0 amide bonds. The van der Waals surface area contributed by atoms with Crippen molar-refractivity contribution in [1.82, 2.24) is 4.98 Å². The largest absolute Gasteiger partial charge is 0.473 e. The third-order valence-corrected chi connectivity index (χ3v) is 2.70. The normalized spacial score (nSPS) is 10.3. The Bertz CT molecular complexity index is 399. The summed E-state index contributed by atoms with van der Waals surface area (Å²) in [6.07, 6.45) is 5.47. The molecular weight excluding hydrogens is 256 g/mol. The summed E-state index contributed by atoms with van der Waals surface area (Å²) in [7, 11) is 0. The lowest BCUT2D eigenvalue weighted by Crippen LogP contribution is -2.02. The molecule has 0 unspecified atom stereocenters. The van der Waals surface area contributed by atoms with Gasteiger partial charge in [0.1, 0.15) is 5.15 Å². The van der Waals surface area contributed by atoms with Crippen LogP contribution in [0.1, 0.15) is 39.0 Å². The molecule has 0 fully saturated rings. The van der Waals surface area contributed by atoms with Crippen LogP contribution in [0.5, 0.6) is 5.88 Å². The molecular formula is C12H17ClN2O3. The summed E-state index contributed by atoms with van der Waals surface area (Å²) in [6, 6.07) is 2.69. The van der Waals surface area contributed by atoms with Gasteiger partial charge in [0.2, 0.25) is 0 Å². The van der Waals surface area contributed by atoms with Gasteiger partial charge in [-0.3, -0.25) is 10.1 Å². The average Bonchev–Trinajstić information content (AvgIpc) is 2.33. The van der Waals surface area contributed by atoms with Crippen LogP contribution in [0.3, 0.4) is 0 Å². The van der Waals surface area contributed by atoms with Gasteiger partial charge < -0.3 is 4.74 Å². The number of hydrogen-bond acceptors (Lipinski definition) is 4. The molecule has 6 heteroatoms. The first-order valence-electron chi connectivity index (χ1n) is 6.09. The molecule has 0 bridgehead atoms. The quantitative estimate of drug-likeness (QED) is 0.311. The lowest BCUT2D eigenvalue weighted by molar-refractivity contribution is -0.386. The first-order chi connectivity index (χ1) is 8.65. The fourth-order valence-corrected chi connectivity index (χ4v) is 1.67. The summed E-state index contributed by atoms with van der Waals surface area (Å²) in [5, 5.41) is 10.9. The molecule has 0 aliphatic rings. The standard InChI is InChI=1S/C12H17ClN2O3/c1-2-3-4-5-6-9-18-12-10(15(16)17)7-8-11(13)14-12/h7-8H,2-6,9H2,1H3. The van der Waals surface area contributed by atoms with Gasteiger partial charge in [0.15, 0.2) is 0 Å². The first-order valence-corrected chi connectivity index (χ1v) is 6.46. The van der Waals surface area contributed by atoms with Crippen molar-refractivity contribution in [2.24, 2.45) is 0 Å². The van der Waals surface area contributed by atoms with Crippen molar-refractivity contribution in [3.8, 4) is 5.88 Å². The lowest BCUT2D eigenvalue weighted by atomic mass is 10.2. The fraction of sp³-hybridized carbons (Fsp3) is 0.583. The Hall–Kier alpha value is -1.36. The number of aromatic nitrogens is 1. The van der Waals surface area contributed by atoms with Crippen molar-refractivity contribution in [3.63, 3.8) is 0 Å². The molecule has 0 saturated heterocycles. The van der Waals surface area contributed by atoms with E-state index in [9.17, 15) is 10.1 Å². The molecule has 1 aromatic rings. The maximum Gasteiger partial charge on any atom is 0.331 e. The van der Waals surface area contributed by atoms with Crippen LogP contribution < -0.4 is 4.74 Å². The molecule has 18 heavy (non-hydrogen) atoms. The maximum absolute atomic E-state index is 10.7. The molecule has 1 aromatic heterocycles. The lowest BCUT2D eigenvalue weighted by Gasteiger charge is -2.05. The number of nitrogens with zero attached hydrogens (tertiary/aromatic N) is 2. The van der Waals surface area contributed by atoms with Crippen LogP contribution >= 0.6 is 11.6 Å². The first kappa shape index (κ1) is 14.7. The van der Waals surface area contributed by atoms with Crippen molar-refractivity contribution in [2.75, 3.05) is 6.61 Å². The van der Waals surface area contributed by atoms with Gasteiger partial charge in [-0.25, -0.2) is 0 Å². The van der Waals surface area contributed by atoms with Gasteiger partial charge >= 0.3 is 5.69 Å². The number of unbranched alkanes of at least 4 members (excludes halogenated alkanes) is 4. The Labute approximate surface area is 111 Å². The summed E-state index contributed by atoms with van der Waals surface area (Å²) in [6.45, 7) is 2.58. The van der Waals surface area contributed by atoms with Gasteiger partial charge in [0.25, 0.3) is 5.88 Å². The zero-order valence-corrected chi connectivity index (χ0v) is 11.2. The number of nitro groups is 1. The van der Waals surface area contributed by atoms with E-state index in [0.717, 1.165) is 19.3 Å². The summed E-state index contributed by atoms with van der Waals surface area (Å²) in [4.78, 5) is 14.1. The maximum atomic E-state index is 10.7. The minimum atomic E-state index is -0.518. The van der Waals surface area contributed by atoms with E-state index in [1.54, 1.807) is 0 Å². The van der Waals surface area contributed by atoms with E-state index in [0.29, 0.717) is 6.61 Å². The molecule has 0 aromatic carbocycles. The van der Waals surface area contributed by atoms with Crippen molar-refractivity contribution < 1.29 is 9.66 Å². The minimum absolute atomic E-state index is 0.00277. The monoisotopic (exact) mass is 272 g/mol.